The molecular weight excluding hydrogens is 144 g/mol. The largest absolute Gasteiger partial charge is 0.322 e. The van der Waals surface area contributed by atoms with E-state index in [2.05, 4.69) is 15.3 Å². The van der Waals surface area contributed by atoms with Crippen molar-refractivity contribution in [3.8, 4) is 0 Å². The number of hydrogen-bond donors (Lipinski definition) is 2. The molecule has 0 saturated carbocycles. The van der Waals surface area contributed by atoms with Gasteiger partial charge < -0.3 is 11.1 Å². The van der Waals surface area contributed by atoms with Crippen molar-refractivity contribution in [2.24, 2.45) is 5.73 Å². The molecule has 1 heterocycles. The van der Waals surface area contributed by atoms with Gasteiger partial charge in [-0.2, -0.15) is 0 Å². The number of anilines is 1. The molecule has 3 N–H and O–H groups in total. The fourth-order valence-electron chi connectivity index (χ4n) is 0.558. The second-order valence-electron chi connectivity index (χ2n) is 1.84. The molecule has 0 unspecified atom stereocenters. The molecule has 0 aliphatic carbocycles. The van der Waals surface area contributed by atoms with E-state index in [0.717, 1.165) is 0 Å². The van der Waals surface area contributed by atoms with Crippen LogP contribution in [0.25, 0.3) is 0 Å². The lowest BCUT2D eigenvalue weighted by Gasteiger charge is -1.98. The van der Waals surface area contributed by atoms with Gasteiger partial charge in [0, 0.05) is 12.4 Å². The maximum atomic E-state index is 10.7. The number of hydrogen-bond acceptors (Lipinski definition) is 4. The molecular formula is C6H8N4O. The van der Waals surface area contributed by atoms with Crippen LogP contribution in [0.5, 0.6) is 0 Å². The third kappa shape index (κ3) is 2.30. The molecule has 5 heteroatoms. The Morgan fingerprint density at radius 1 is 1.64 bits per heavy atom. The lowest BCUT2D eigenvalue weighted by atomic mass is 10.5. The first-order chi connectivity index (χ1) is 5.33. The fourth-order valence-corrected chi connectivity index (χ4v) is 0.558. The molecule has 1 aromatic rings. The van der Waals surface area contributed by atoms with E-state index in [4.69, 9.17) is 5.73 Å². The van der Waals surface area contributed by atoms with Crippen LogP contribution >= 0.6 is 0 Å². The van der Waals surface area contributed by atoms with E-state index in [1.54, 1.807) is 0 Å². The van der Waals surface area contributed by atoms with Crippen molar-refractivity contribution < 1.29 is 4.79 Å². The molecule has 0 radical (unpaired) electrons. The SMILES string of the molecule is NCC(=O)Nc1cnccn1. The normalized spacial score (nSPS) is 9.18. The summed E-state index contributed by atoms with van der Waals surface area (Å²) in [6.07, 6.45) is 4.47. The Morgan fingerprint density at radius 3 is 3.00 bits per heavy atom. The number of amides is 1. The topological polar surface area (TPSA) is 80.9 Å². The van der Waals surface area contributed by atoms with Gasteiger partial charge in [0.15, 0.2) is 5.82 Å². The summed E-state index contributed by atoms with van der Waals surface area (Å²) < 4.78 is 0. The van der Waals surface area contributed by atoms with Crippen LogP contribution in [-0.4, -0.2) is 22.4 Å². The van der Waals surface area contributed by atoms with Crippen molar-refractivity contribution in [1.82, 2.24) is 9.97 Å². The number of nitrogens with two attached hydrogens (primary N) is 1. The lowest BCUT2D eigenvalue weighted by molar-refractivity contribution is -0.114. The van der Waals surface area contributed by atoms with Gasteiger partial charge in [-0.1, -0.05) is 0 Å². The fraction of sp³-hybridized carbons (Fsp3) is 0.167. The minimum absolute atomic E-state index is 0.0451. The second-order valence-corrected chi connectivity index (χ2v) is 1.84. The summed E-state index contributed by atoms with van der Waals surface area (Å²) in [5.74, 6) is 0.147. The maximum absolute atomic E-state index is 10.7. The van der Waals surface area contributed by atoms with Gasteiger partial charge in [0.05, 0.1) is 12.7 Å². The average Bonchev–Trinajstić information content (AvgIpc) is 2.06. The monoisotopic (exact) mass is 152 g/mol. The molecule has 0 spiro atoms. The van der Waals surface area contributed by atoms with Crippen molar-refractivity contribution in [3.63, 3.8) is 0 Å². The molecule has 5 nitrogen and oxygen atoms in total. The molecule has 1 aromatic heterocycles. The Hall–Kier alpha value is -1.49. The Labute approximate surface area is 63.7 Å². The Kier molecular flexibility index (Phi) is 2.51. The van der Waals surface area contributed by atoms with Gasteiger partial charge in [-0.05, 0) is 0 Å². The van der Waals surface area contributed by atoms with E-state index in [9.17, 15) is 4.79 Å². The van der Waals surface area contributed by atoms with Crippen molar-refractivity contribution in [2.75, 3.05) is 11.9 Å². The van der Waals surface area contributed by atoms with Crippen LogP contribution in [0.15, 0.2) is 18.6 Å². The van der Waals surface area contributed by atoms with Crippen molar-refractivity contribution in [2.45, 2.75) is 0 Å². The Bertz CT molecular complexity index is 236. The third-order valence-corrected chi connectivity index (χ3v) is 1.02. The summed E-state index contributed by atoms with van der Waals surface area (Å²) in [6.45, 7) is -0.0451. The van der Waals surface area contributed by atoms with Gasteiger partial charge >= 0.3 is 0 Å². The van der Waals surface area contributed by atoms with Gasteiger partial charge in [0.25, 0.3) is 0 Å². The summed E-state index contributed by atoms with van der Waals surface area (Å²) in [5, 5.41) is 2.45. The summed E-state index contributed by atoms with van der Waals surface area (Å²) >= 11 is 0. The number of carbonyl (C=O) groups excluding carboxylic acids is 1. The number of aromatic nitrogens is 2. The number of nitrogens with one attached hydrogen (secondary N) is 1. The standard InChI is InChI=1S/C6H8N4O/c7-3-6(11)10-5-4-8-1-2-9-5/h1-2,4H,3,7H2,(H,9,10,11). The van der Waals surface area contributed by atoms with E-state index in [-0.39, 0.29) is 12.5 Å². The van der Waals surface area contributed by atoms with Crippen LogP contribution in [-0.2, 0) is 4.79 Å². The quantitative estimate of drug-likeness (QED) is 0.591. The van der Waals surface area contributed by atoms with Crippen LogP contribution in [0.1, 0.15) is 0 Å². The van der Waals surface area contributed by atoms with Gasteiger partial charge in [-0.3, -0.25) is 9.78 Å². The molecule has 0 aliphatic rings. The molecule has 0 aromatic carbocycles. The smallest absolute Gasteiger partial charge is 0.239 e. The summed E-state index contributed by atoms with van der Waals surface area (Å²) in [4.78, 5) is 18.2. The molecule has 0 atom stereocenters. The Morgan fingerprint density at radius 2 is 2.45 bits per heavy atom. The van der Waals surface area contributed by atoms with E-state index in [1.165, 1.54) is 18.6 Å². The van der Waals surface area contributed by atoms with E-state index in [0.29, 0.717) is 5.82 Å². The first kappa shape index (κ1) is 7.62. The van der Waals surface area contributed by atoms with Gasteiger partial charge in [-0.25, -0.2) is 4.98 Å². The van der Waals surface area contributed by atoms with E-state index >= 15 is 0 Å². The molecule has 1 amide bonds. The predicted molar refractivity (Wildman–Crippen MR) is 39.7 cm³/mol. The number of rotatable bonds is 2. The molecule has 0 fully saturated rings. The van der Waals surface area contributed by atoms with Crippen molar-refractivity contribution >= 4 is 11.7 Å². The zero-order valence-electron chi connectivity index (χ0n) is 5.82. The average molecular weight is 152 g/mol. The summed E-state index contributed by atoms with van der Waals surface area (Å²) in [6, 6.07) is 0. The zero-order valence-corrected chi connectivity index (χ0v) is 5.82. The highest BCUT2D eigenvalue weighted by Crippen LogP contribution is 1.94. The van der Waals surface area contributed by atoms with Crippen LogP contribution in [0, 0.1) is 0 Å². The maximum Gasteiger partial charge on any atom is 0.239 e. The highest BCUT2D eigenvalue weighted by molar-refractivity contribution is 5.90. The molecule has 58 valence electrons. The first-order valence-electron chi connectivity index (χ1n) is 3.09. The molecule has 0 bridgehead atoms. The Balaban J connectivity index is 2.58. The van der Waals surface area contributed by atoms with E-state index < -0.39 is 0 Å². The van der Waals surface area contributed by atoms with Crippen LogP contribution in [0.4, 0.5) is 5.82 Å². The molecule has 11 heavy (non-hydrogen) atoms. The number of carbonyl (C=O) groups is 1. The highest BCUT2D eigenvalue weighted by atomic mass is 16.1. The molecule has 0 saturated heterocycles. The van der Waals surface area contributed by atoms with Crippen molar-refractivity contribution in [3.05, 3.63) is 18.6 Å². The zero-order chi connectivity index (χ0) is 8.10. The van der Waals surface area contributed by atoms with Crippen LogP contribution < -0.4 is 11.1 Å². The second kappa shape index (κ2) is 3.62. The summed E-state index contributed by atoms with van der Waals surface area (Å²) in [5.41, 5.74) is 5.06. The van der Waals surface area contributed by atoms with Gasteiger partial charge in [0.2, 0.25) is 5.91 Å². The first-order valence-corrected chi connectivity index (χ1v) is 3.09. The number of nitrogens with zero attached hydrogens (tertiary/aromatic N) is 2. The molecule has 0 aliphatic heterocycles. The third-order valence-electron chi connectivity index (χ3n) is 1.02. The van der Waals surface area contributed by atoms with Crippen LogP contribution in [0.3, 0.4) is 0 Å². The summed E-state index contributed by atoms with van der Waals surface area (Å²) in [7, 11) is 0. The van der Waals surface area contributed by atoms with E-state index in [1.807, 2.05) is 0 Å². The predicted octanol–water partition coefficient (Wildman–Crippen LogP) is -0.626. The van der Waals surface area contributed by atoms with Crippen LogP contribution in [0.2, 0.25) is 0 Å². The minimum atomic E-state index is -0.273. The molecule has 1 rings (SSSR count). The highest BCUT2D eigenvalue weighted by Gasteiger charge is 1.97. The lowest BCUT2D eigenvalue weighted by Crippen LogP contribution is -2.22. The minimum Gasteiger partial charge on any atom is -0.322 e. The van der Waals surface area contributed by atoms with Gasteiger partial charge in [-0.15, -0.1) is 0 Å². The van der Waals surface area contributed by atoms with Gasteiger partial charge in [0.1, 0.15) is 0 Å². The van der Waals surface area contributed by atoms with Crippen molar-refractivity contribution in [1.29, 1.82) is 0 Å².